The van der Waals surface area contributed by atoms with Gasteiger partial charge in [0.1, 0.15) is 13.1 Å². The van der Waals surface area contributed by atoms with Crippen molar-refractivity contribution in [1.82, 2.24) is 4.90 Å². The van der Waals surface area contributed by atoms with Crippen LogP contribution in [-0.4, -0.2) is 75.2 Å². The van der Waals surface area contributed by atoms with Crippen molar-refractivity contribution in [2.24, 2.45) is 0 Å². The second-order valence-electron chi connectivity index (χ2n) is 5.07. The van der Waals surface area contributed by atoms with E-state index in [2.05, 4.69) is 58.7 Å². The largest absolute Gasteiger partial charge is 0.333 e. The minimum absolute atomic E-state index is 0. The molecule has 3 heteroatoms. The van der Waals surface area contributed by atoms with Gasteiger partial charge in [-0.3, -0.25) is 9.48 Å². The van der Waals surface area contributed by atoms with E-state index in [0.29, 0.717) is 0 Å². The highest BCUT2D eigenvalue weighted by Crippen LogP contribution is 1.93. The molecule has 0 spiro atoms. The Morgan fingerprint density at radius 2 is 1.57 bits per heavy atom. The molecule has 0 N–H and O–H groups in total. The van der Waals surface area contributed by atoms with Gasteiger partial charge >= 0.3 is 0 Å². The standard InChI is InChI=1S/C6H13N2.C4H12N.CH4/c1-6-7(2)4-5-8(6)3;1-5(2,3)4;/h4-5H2,1-3H3;1-4H3;1H4/q2*+1;. The van der Waals surface area contributed by atoms with Gasteiger partial charge in [-0.15, -0.1) is 0 Å². The Labute approximate surface area is 90.2 Å². The van der Waals surface area contributed by atoms with Gasteiger partial charge in [0.05, 0.1) is 42.3 Å². The summed E-state index contributed by atoms with van der Waals surface area (Å²) in [5.41, 5.74) is 0. The SMILES string of the molecule is C.CC1=[N+](C)CCN1C.C[N+](C)(C)C. The molecule has 0 aromatic heterocycles. The van der Waals surface area contributed by atoms with E-state index >= 15 is 0 Å². The molecule has 0 atom stereocenters. The van der Waals surface area contributed by atoms with Crippen molar-refractivity contribution >= 4 is 5.84 Å². The summed E-state index contributed by atoms with van der Waals surface area (Å²) in [4.78, 5) is 2.26. The number of amidine groups is 1. The quantitative estimate of drug-likeness (QED) is 0.420. The van der Waals surface area contributed by atoms with Crippen molar-refractivity contribution in [1.29, 1.82) is 0 Å². The predicted octanol–water partition coefficient (Wildman–Crippen LogP) is 0.951. The molecule has 86 valence electrons. The molecule has 0 saturated carbocycles. The molecule has 0 aromatic carbocycles. The summed E-state index contributed by atoms with van der Waals surface area (Å²) in [7, 11) is 12.7. The highest BCUT2D eigenvalue weighted by atomic mass is 15.3. The van der Waals surface area contributed by atoms with E-state index in [9.17, 15) is 0 Å². The molecule has 0 aliphatic carbocycles. The van der Waals surface area contributed by atoms with Crippen LogP contribution >= 0.6 is 0 Å². The van der Waals surface area contributed by atoms with Gasteiger partial charge in [0.2, 0.25) is 5.84 Å². The first-order valence-electron chi connectivity index (χ1n) is 4.76. The summed E-state index contributed by atoms with van der Waals surface area (Å²) in [5.74, 6) is 1.38. The number of rotatable bonds is 0. The first-order chi connectivity index (χ1) is 5.72. The number of nitrogens with zero attached hydrogens (tertiary/aromatic N) is 3. The monoisotopic (exact) mass is 203 g/mol. The van der Waals surface area contributed by atoms with E-state index in [4.69, 9.17) is 0 Å². The Morgan fingerprint density at radius 3 is 1.64 bits per heavy atom. The van der Waals surface area contributed by atoms with Crippen molar-refractivity contribution in [2.75, 3.05) is 55.4 Å². The summed E-state index contributed by atoms with van der Waals surface area (Å²) in [6.07, 6.45) is 0. The van der Waals surface area contributed by atoms with Crippen LogP contribution in [0.3, 0.4) is 0 Å². The Hall–Kier alpha value is -0.570. The lowest BCUT2D eigenvalue weighted by Crippen LogP contribution is -2.27. The maximum Gasteiger partial charge on any atom is 0.243 e. The van der Waals surface area contributed by atoms with Crippen LogP contribution in [0.25, 0.3) is 0 Å². The van der Waals surface area contributed by atoms with Gasteiger partial charge in [0.25, 0.3) is 0 Å². The van der Waals surface area contributed by atoms with Crippen LogP contribution in [0.5, 0.6) is 0 Å². The molecule has 3 nitrogen and oxygen atoms in total. The Kier molecular flexibility index (Phi) is 6.82. The Balaban J connectivity index is 0. The number of likely N-dealkylation sites (N-methyl/N-ethyl adjacent to an activating group) is 2. The second kappa shape index (κ2) is 6.02. The summed E-state index contributed by atoms with van der Waals surface area (Å²) < 4.78 is 3.26. The van der Waals surface area contributed by atoms with Crippen molar-refractivity contribution < 1.29 is 9.06 Å². The second-order valence-corrected chi connectivity index (χ2v) is 5.07. The minimum atomic E-state index is 0. The zero-order valence-electron chi connectivity index (χ0n) is 10.3. The van der Waals surface area contributed by atoms with Crippen LogP contribution in [0.1, 0.15) is 14.4 Å². The lowest BCUT2D eigenvalue weighted by Gasteiger charge is -2.14. The zero-order chi connectivity index (χ0) is 10.6. The summed E-state index contributed by atoms with van der Waals surface area (Å²) in [6, 6.07) is 0. The topological polar surface area (TPSA) is 6.25 Å². The molecule has 0 amide bonds. The molecule has 1 aliphatic rings. The van der Waals surface area contributed by atoms with Gasteiger partial charge in [0.15, 0.2) is 0 Å². The molecule has 0 radical (unpaired) electrons. The maximum absolute atomic E-state index is 2.26. The van der Waals surface area contributed by atoms with Gasteiger partial charge in [-0.05, 0) is 0 Å². The van der Waals surface area contributed by atoms with Gasteiger partial charge in [-0.25, -0.2) is 0 Å². The van der Waals surface area contributed by atoms with Crippen LogP contribution in [-0.2, 0) is 0 Å². The Bertz CT molecular complexity index is 183. The highest BCUT2D eigenvalue weighted by Gasteiger charge is 2.18. The zero-order valence-corrected chi connectivity index (χ0v) is 10.3. The normalized spacial score (nSPS) is 16.1. The fourth-order valence-corrected chi connectivity index (χ4v) is 0.915. The van der Waals surface area contributed by atoms with Crippen molar-refractivity contribution in [3.63, 3.8) is 0 Å². The number of hydrogen-bond acceptors (Lipinski definition) is 1. The van der Waals surface area contributed by atoms with E-state index in [0.717, 1.165) is 4.48 Å². The molecule has 1 rings (SSSR count). The van der Waals surface area contributed by atoms with Crippen molar-refractivity contribution in [3.8, 4) is 0 Å². The average Bonchev–Trinajstić information content (AvgIpc) is 2.16. The molecule has 1 heterocycles. The molecular weight excluding hydrogens is 174 g/mol. The van der Waals surface area contributed by atoms with Gasteiger partial charge in [-0.2, -0.15) is 0 Å². The van der Waals surface area contributed by atoms with E-state index in [1.54, 1.807) is 0 Å². The number of hydrogen-bond donors (Lipinski definition) is 0. The summed E-state index contributed by atoms with van der Waals surface area (Å²) >= 11 is 0. The van der Waals surface area contributed by atoms with E-state index < -0.39 is 0 Å². The third kappa shape index (κ3) is 8.05. The molecule has 0 aromatic rings. The van der Waals surface area contributed by atoms with Crippen LogP contribution in [0.4, 0.5) is 0 Å². The van der Waals surface area contributed by atoms with E-state index in [-0.39, 0.29) is 7.43 Å². The highest BCUT2D eigenvalue weighted by molar-refractivity contribution is 5.75. The van der Waals surface area contributed by atoms with E-state index in [1.165, 1.54) is 18.9 Å². The minimum Gasteiger partial charge on any atom is -0.333 e. The van der Waals surface area contributed by atoms with Crippen molar-refractivity contribution in [3.05, 3.63) is 0 Å². The van der Waals surface area contributed by atoms with Crippen LogP contribution in [0.2, 0.25) is 0 Å². The lowest BCUT2D eigenvalue weighted by atomic mass is 10.6. The van der Waals surface area contributed by atoms with Gasteiger partial charge in [0, 0.05) is 6.92 Å². The molecule has 1 aliphatic heterocycles. The molecule has 0 fully saturated rings. The van der Waals surface area contributed by atoms with Crippen LogP contribution in [0.15, 0.2) is 0 Å². The predicted molar refractivity (Wildman–Crippen MR) is 65.0 cm³/mol. The van der Waals surface area contributed by atoms with Crippen molar-refractivity contribution in [2.45, 2.75) is 14.4 Å². The van der Waals surface area contributed by atoms with E-state index in [1.807, 2.05) is 0 Å². The first kappa shape index (κ1) is 15.9. The third-order valence-electron chi connectivity index (χ3n) is 1.88. The molecule has 0 saturated heterocycles. The molecular formula is C11H29N3+2. The Morgan fingerprint density at radius 1 is 1.21 bits per heavy atom. The molecule has 14 heavy (non-hydrogen) atoms. The number of quaternary nitrogens is 1. The van der Waals surface area contributed by atoms with Gasteiger partial charge < -0.3 is 4.48 Å². The van der Waals surface area contributed by atoms with Gasteiger partial charge in [-0.1, -0.05) is 7.43 Å². The van der Waals surface area contributed by atoms with Crippen LogP contribution in [0, 0.1) is 0 Å². The fourth-order valence-electron chi connectivity index (χ4n) is 0.915. The summed E-state index contributed by atoms with van der Waals surface area (Å²) in [6.45, 7) is 4.51. The lowest BCUT2D eigenvalue weighted by molar-refractivity contribution is -0.849. The first-order valence-corrected chi connectivity index (χ1v) is 4.76. The third-order valence-corrected chi connectivity index (χ3v) is 1.88. The molecule has 0 unspecified atom stereocenters. The summed E-state index contributed by atoms with van der Waals surface area (Å²) in [5, 5.41) is 0. The fraction of sp³-hybridized carbons (Fsp3) is 0.909. The smallest absolute Gasteiger partial charge is 0.243 e. The molecule has 0 bridgehead atoms. The maximum atomic E-state index is 2.26. The average molecular weight is 203 g/mol. The van der Waals surface area contributed by atoms with Crippen LogP contribution < -0.4 is 0 Å².